The maximum absolute atomic E-state index is 13.6. The summed E-state index contributed by atoms with van der Waals surface area (Å²) in [7, 11) is 0. The lowest BCUT2D eigenvalue weighted by Crippen LogP contribution is -2.59. The second-order valence-electron chi connectivity index (χ2n) is 8.94. The van der Waals surface area contributed by atoms with Crippen molar-refractivity contribution in [3.63, 3.8) is 0 Å². The third kappa shape index (κ3) is 3.68. The Labute approximate surface area is 184 Å². The molecule has 1 unspecified atom stereocenters. The van der Waals surface area contributed by atoms with Gasteiger partial charge < -0.3 is 10.0 Å². The molecule has 5 rings (SSSR count). The lowest BCUT2D eigenvalue weighted by Gasteiger charge is -2.52. The van der Waals surface area contributed by atoms with E-state index in [9.17, 15) is 9.90 Å². The number of hydrogen-bond acceptors (Lipinski definition) is 2. The smallest absolute Gasteiger partial charge is 0.254 e. The van der Waals surface area contributed by atoms with E-state index in [2.05, 4.69) is 18.2 Å². The van der Waals surface area contributed by atoms with E-state index in [4.69, 9.17) is 0 Å². The summed E-state index contributed by atoms with van der Waals surface area (Å²) in [5.74, 6) is 0.170. The summed E-state index contributed by atoms with van der Waals surface area (Å²) in [5, 5.41) is 11.8. The minimum Gasteiger partial charge on any atom is -0.385 e. The van der Waals surface area contributed by atoms with Crippen LogP contribution < -0.4 is 0 Å². The average molecular weight is 412 g/mol. The monoisotopic (exact) mass is 411 g/mol. The second-order valence-corrected chi connectivity index (χ2v) is 8.94. The molecule has 0 bridgehead atoms. The fourth-order valence-electron chi connectivity index (χ4n) is 5.65. The zero-order valence-electron chi connectivity index (χ0n) is 17.8. The number of piperidine rings is 1. The number of amides is 1. The van der Waals surface area contributed by atoms with Crippen LogP contribution in [0.15, 0.2) is 84.9 Å². The summed E-state index contributed by atoms with van der Waals surface area (Å²) in [6.07, 6.45) is 4.73. The van der Waals surface area contributed by atoms with Gasteiger partial charge in [-0.3, -0.25) is 4.79 Å². The summed E-state index contributed by atoms with van der Waals surface area (Å²) in [6.45, 7) is 0.584. The van der Waals surface area contributed by atoms with E-state index in [1.165, 1.54) is 0 Å². The maximum Gasteiger partial charge on any atom is 0.254 e. The molecule has 3 nitrogen and oxygen atoms in total. The Morgan fingerprint density at radius 3 is 2.29 bits per heavy atom. The molecular weight excluding hydrogens is 382 g/mol. The van der Waals surface area contributed by atoms with Crippen LogP contribution in [0.2, 0.25) is 0 Å². The largest absolute Gasteiger partial charge is 0.385 e. The van der Waals surface area contributed by atoms with E-state index in [0.717, 1.165) is 47.9 Å². The van der Waals surface area contributed by atoms with Crippen LogP contribution >= 0.6 is 0 Å². The van der Waals surface area contributed by atoms with Crippen molar-refractivity contribution in [2.45, 2.75) is 43.7 Å². The van der Waals surface area contributed by atoms with Gasteiger partial charge in [-0.15, -0.1) is 0 Å². The molecule has 2 aliphatic rings. The van der Waals surface area contributed by atoms with Crippen LogP contribution in [-0.2, 0) is 5.60 Å². The molecule has 1 saturated heterocycles. The molecule has 1 saturated carbocycles. The molecule has 31 heavy (non-hydrogen) atoms. The van der Waals surface area contributed by atoms with Crippen molar-refractivity contribution < 1.29 is 9.90 Å². The first kappa shape index (κ1) is 20.0. The van der Waals surface area contributed by atoms with E-state index >= 15 is 0 Å². The lowest BCUT2D eigenvalue weighted by molar-refractivity contribution is -0.110. The standard InChI is InChI=1S/C28H29NO2/c30-27(23-13-9-12-22(20-23)21-10-3-1-4-11-21)29-19-18-28(31,24-14-5-2-6-15-24)25-16-7-8-17-26(25)29/h1-6,9-15,20,25-26,31H,7-8,16-19H2/t25-,26?,28-/m1/s1. The number of nitrogens with zero attached hydrogens (tertiary/aromatic N) is 1. The molecule has 1 N–H and O–H groups in total. The normalized spacial score (nSPS) is 25.6. The summed E-state index contributed by atoms with van der Waals surface area (Å²) in [4.78, 5) is 15.7. The van der Waals surface area contributed by atoms with Gasteiger partial charge in [-0.05, 0) is 48.1 Å². The summed E-state index contributed by atoms with van der Waals surface area (Å²) in [6, 6.07) is 28.3. The Morgan fingerprint density at radius 2 is 1.52 bits per heavy atom. The van der Waals surface area contributed by atoms with E-state index < -0.39 is 5.60 Å². The van der Waals surface area contributed by atoms with E-state index in [1.807, 2.05) is 71.6 Å². The zero-order chi connectivity index (χ0) is 21.3. The van der Waals surface area contributed by atoms with Crippen molar-refractivity contribution in [3.05, 3.63) is 96.1 Å². The third-order valence-electron chi connectivity index (χ3n) is 7.23. The first-order valence-corrected chi connectivity index (χ1v) is 11.4. The Balaban J connectivity index is 1.44. The van der Waals surface area contributed by atoms with E-state index in [0.29, 0.717) is 13.0 Å². The fourth-order valence-corrected chi connectivity index (χ4v) is 5.65. The summed E-state index contributed by atoms with van der Waals surface area (Å²) < 4.78 is 0. The Hall–Kier alpha value is -2.91. The van der Waals surface area contributed by atoms with Crippen LogP contribution in [-0.4, -0.2) is 28.5 Å². The molecule has 0 aromatic heterocycles. The van der Waals surface area contributed by atoms with Gasteiger partial charge in [-0.1, -0.05) is 85.6 Å². The first-order valence-electron chi connectivity index (χ1n) is 11.4. The number of aliphatic hydroxyl groups is 1. The van der Waals surface area contributed by atoms with Crippen LogP contribution in [0.5, 0.6) is 0 Å². The predicted molar refractivity (Wildman–Crippen MR) is 124 cm³/mol. The third-order valence-corrected chi connectivity index (χ3v) is 7.23. The van der Waals surface area contributed by atoms with Crippen LogP contribution in [0.25, 0.3) is 11.1 Å². The molecule has 1 heterocycles. The first-order chi connectivity index (χ1) is 15.2. The Bertz CT molecular complexity index is 1050. The molecule has 3 aromatic rings. The van der Waals surface area contributed by atoms with Gasteiger partial charge in [0.05, 0.1) is 5.60 Å². The molecule has 1 aliphatic heterocycles. The molecule has 2 fully saturated rings. The number of hydrogen-bond donors (Lipinski definition) is 1. The maximum atomic E-state index is 13.6. The van der Waals surface area contributed by atoms with Gasteiger partial charge in [0.2, 0.25) is 0 Å². The molecule has 3 aromatic carbocycles. The van der Waals surface area contributed by atoms with Crippen molar-refractivity contribution in [1.29, 1.82) is 0 Å². The molecule has 1 aliphatic carbocycles. The molecule has 3 atom stereocenters. The van der Waals surface area contributed by atoms with Crippen LogP contribution in [0.3, 0.4) is 0 Å². The van der Waals surface area contributed by atoms with Gasteiger partial charge in [0, 0.05) is 24.1 Å². The minimum absolute atomic E-state index is 0.0821. The molecular formula is C28H29NO2. The minimum atomic E-state index is -0.852. The number of fused-ring (bicyclic) bond motifs is 1. The zero-order valence-corrected chi connectivity index (χ0v) is 17.8. The molecule has 0 spiro atoms. The van der Waals surface area contributed by atoms with Crippen molar-refractivity contribution in [1.82, 2.24) is 4.90 Å². The Morgan fingerprint density at radius 1 is 0.839 bits per heavy atom. The van der Waals surface area contributed by atoms with Crippen LogP contribution in [0, 0.1) is 5.92 Å². The van der Waals surface area contributed by atoms with Gasteiger partial charge in [0.25, 0.3) is 5.91 Å². The highest BCUT2D eigenvalue weighted by Gasteiger charge is 2.50. The highest BCUT2D eigenvalue weighted by molar-refractivity contribution is 5.95. The van der Waals surface area contributed by atoms with Crippen LogP contribution in [0.4, 0.5) is 0 Å². The lowest BCUT2D eigenvalue weighted by atomic mass is 9.66. The summed E-state index contributed by atoms with van der Waals surface area (Å²) >= 11 is 0. The molecule has 1 amide bonds. The number of benzene rings is 3. The van der Waals surface area contributed by atoms with Crippen LogP contribution in [0.1, 0.15) is 48.0 Å². The Kier molecular flexibility index (Phi) is 5.37. The number of rotatable bonds is 3. The van der Waals surface area contributed by atoms with Gasteiger partial charge in [0.15, 0.2) is 0 Å². The van der Waals surface area contributed by atoms with Crippen molar-refractivity contribution >= 4 is 5.91 Å². The van der Waals surface area contributed by atoms with Gasteiger partial charge in [0.1, 0.15) is 0 Å². The number of likely N-dealkylation sites (tertiary alicyclic amines) is 1. The van der Waals surface area contributed by atoms with E-state index in [1.54, 1.807) is 0 Å². The van der Waals surface area contributed by atoms with Gasteiger partial charge in [-0.25, -0.2) is 0 Å². The van der Waals surface area contributed by atoms with Crippen molar-refractivity contribution in [3.8, 4) is 11.1 Å². The molecule has 158 valence electrons. The fraction of sp³-hybridized carbons (Fsp3) is 0.321. The predicted octanol–water partition coefficient (Wildman–Crippen LogP) is 5.65. The SMILES string of the molecule is O=C(c1cccc(-c2ccccc2)c1)N1CC[C@@](O)(c2ccccc2)[C@@H]2CCCCC21. The van der Waals surface area contributed by atoms with Gasteiger partial charge >= 0.3 is 0 Å². The van der Waals surface area contributed by atoms with Crippen molar-refractivity contribution in [2.24, 2.45) is 5.92 Å². The van der Waals surface area contributed by atoms with E-state index in [-0.39, 0.29) is 17.9 Å². The topological polar surface area (TPSA) is 40.5 Å². The van der Waals surface area contributed by atoms with Gasteiger partial charge in [-0.2, -0.15) is 0 Å². The highest BCUT2D eigenvalue weighted by Crippen LogP contribution is 2.47. The quantitative estimate of drug-likeness (QED) is 0.605. The van der Waals surface area contributed by atoms with Crippen molar-refractivity contribution in [2.75, 3.05) is 6.54 Å². The average Bonchev–Trinajstić information content (AvgIpc) is 2.85. The highest BCUT2D eigenvalue weighted by atomic mass is 16.3. The number of carbonyl (C=O) groups is 1. The summed E-state index contributed by atoms with van der Waals surface area (Å²) in [5.41, 5.74) is 3.05. The second kappa shape index (κ2) is 8.32. The number of carbonyl (C=O) groups excluding carboxylic acids is 1. The molecule has 0 radical (unpaired) electrons. The molecule has 3 heteroatoms.